The van der Waals surface area contributed by atoms with Crippen molar-refractivity contribution < 1.29 is 19.4 Å². The molecule has 1 N–H and O–H groups in total. The quantitative estimate of drug-likeness (QED) is 0.322. The van der Waals surface area contributed by atoms with Gasteiger partial charge in [0.2, 0.25) is 0 Å². The second-order valence-electron chi connectivity index (χ2n) is 9.77. The average Bonchev–Trinajstić information content (AvgIpc) is 3.42. The van der Waals surface area contributed by atoms with Crippen molar-refractivity contribution in [2.24, 2.45) is 17.8 Å². The Balaban J connectivity index is 0.000000189. The summed E-state index contributed by atoms with van der Waals surface area (Å²) in [6, 6.07) is 15.4. The van der Waals surface area contributed by atoms with Gasteiger partial charge in [0.15, 0.2) is 0 Å². The predicted molar refractivity (Wildman–Crippen MR) is 126 cm³/mol. The highest BCUT2D eigenvalue weighted by Gasteiger charge is 2.64. The van der Waals surface area contributed by atoms with Gasteiger partial charge in [-0.3, -0.25) is 4.79 Å². The van der Waals surface area contributed by atoms with Crippen molar-refractivity contribution in [3.05, 3.63) is 59.7 Å². The third-order valence-corrected chi connectivity index (χ3v) is 7.75. The zero-order valence-electron chi connectivity index (χ0n) is 19.7. The molecule has 3 aliphatic rings. The smallest absolute Gasteiger partial charge is 0.314 e. The van der Waals surface area contributed by atoms with Crippen LogP contribution < -0.4 is 4.74 Å². The third-order valence-electron chi connectivity index (χ3n) is 7.75. The molecule has 2 bridgehead atoms. The minimum absolute atomic E-state index is 0.0491. The van der Waals surface area contributed by atoms with Gasteiger partial charge in [0.05, 0.1) is 18.1 Å². The van der Waals surface area contributed by atoms with Gasteiger partial charge in [0.1, 0.15) is 11.5 Å². The molecule has 172 valence electrons. The zero-order valence-corrected chi connectivity index (χ0v) is 19.7. The lowest BCUT2D eigenvalue weighted by Crippen LogP contribution is -2.29. The van der Waals surface area contributed by atoms with Gasteiger partial charge in [-0.1, -0.05) is 52.0 Å². The van der Waals surface area contributed by atoms with Gasteiger partial charge < -0.3 is 14.6 Å². The van der Waals surface area contributed by atoms with Crippen molar-refractivity contribution in [3.63, 3.8) is 0 Å². The van der Waals surface area contributed by atoms with Crippen molar-refractivity contribution >= 4 is 5.97 Å². The van der Waals surface area contributed by atoms with E-state index in [0.717, 1.165) is 25.7 Å². The van der Waals surface area contributed by atoms with Crippen molar-refractivity contribution in [2.45, 2.75) is 77.4 Å². The Bertz CT molecular complexity index is 904. The lowest BCUT2D eigenvalue weighted by atomic mass is 9.89. The minimum atomic E-state index is -0.0623. The van der Waals surface area contributed by atoms with E-state index in [0.29, 0.717) is 47.4 Å². The molecule has 2 saturated carbocycles. The molecule has 7 atom stereocenters. The first kappa shape index (κ1) is 22.8. The van der Waals surface area contributed by atoms with Crippen LogP contribution in [0.5, 0.6) is 11.5 Å². The van der Waals surface area contributed by atoms with Crippen molar-refractivity contribution in [2.75, 3.05) is 0 Å². The van der Waals surface area contributed by atoms with Gasteiger partial charge >= 0.3 is 5.97 Å². The van der Waals surface area contributed by atoms with E-state index in [9.17, 15) is 4.79 Å². The normalized spacial score (nSPS) is 28.8. The Hall–Kier alpha value is -2.33. The lowest BCUT2D eigenvalue weighted by Gasteiger charge is -2.18. The molecule has 2 aromatic rings. The molecule has 0 amide bonds. The van der Waals surface area contributed by atoms with E-state index in [-0.39, 0.29) is 11.9 Å². The molecule has 1 heterocycles. The number of esters is 1. The molecule has 1 aliphatic heterocycles. The van der Waals surface area contributed by atoms with Gasteiger partial charge in [-0.05, 0) is 78.8 Å². The Morgan fingerprint density at radius 3 is 2.00 bits per heavy atom. The fourth-order valence-electron chi connectivity index (χ4n) is 5.20. The number of phenolic OH excluding ortho intramolecular Hbond substituents is 1. The first-order valence-electron chi connectivity index (χ1n) is 12.2. The van der Waals surface area contributed by atoms with Crippen molar-refractivity contribution in [1.29, 1.82) is 0 Å². The van der Waals surface area contributed by atoms with Gasteiger partial charge in [-0.15, -0.1) is 0 Å². The number of phenols is 1. The Morgan fingerprint density at radius 1 is 0.938 bits per heavy atom. The first-order valence-corrected chi connectivity index (χ1v) is 12.2. The van der Waals surface area contributed by atoms with E-state index in [2.05, 4.69) is 39.8 Å². The summed E-state index contributed by atoms with van der Waals surface area (Å²) in [7, 11) is 0. The summed E-state index contributed by atoms with van der Waals surface area (Å²) in [4.78, 5) is 12.4. The van der Waals surface area contributed by atoms with E-state index in [1.165, 1.54) is 11.1 Å². The minimum Gasteiger partial charge on any atom is -0.508 e. The molecular weight excluding hydrogens is 400 g/mol. The SMILES string of the molecule is CCC(C)c1ccc(O)cc1.CCC(C)c1ccc(OC(=O)C2CC3CC2C2OC32)cc1. The molecule has 0 aromatic heterocycles. The Kier molecular flexibility index (Phi) is 6.90. The molecular formula is C28H36O4. The first-order chi connectivity index (χ1) is 15.4. The number of epoxide rings is 1. The molecule has 4 heteroatoms. The summed E-state index contributed by atoms with van der Waals surface area (Å²) in [5.41, 5.74) is 2.59. The molecule has 1 saturated heterocycles. The molecule has 0 radical (unpaired) electrons. The highest BCUT2D eigenvalue weighted by molar-refractivity contribution is 5.76. The highest BCUT2D eigenvalue weighted by atomic mass is 16.6. The maximum absolute atomic E-state index is 12.4. The van der Waals surface area contributed by atoms with Crippen LogP contribution in [0.2, 0.25) is 0 Å². The second-order valence-corrected chi connectivity index (χ2v) is 9.77. The van der Waals surface area contributed by atoms with Crippen LogP contribution in [0.15, 0.2) is 48.5 Å². The van der Waals surface area contributed by atoms with Crippen LogP contribution in [0.4, 0.5) is 0 Å². The number of carbonyl (C=O) groups excluding carboxylic acids is 1. The predicted octanol–water partition coefficient (Wildman–Crippen LogP) is 6.43. The summed E-state index contributed by atoms with van der Waals surface area (Å²) >= 11 is 0. The summed E-state index contributed by atoms with van der Waals surface area (Å²) in [6.45, 7) is 8.74. The zero-order chi connectivity index (χ0) is 22.8. The number of carbonyl (C=O) groups is 1. The van der Waals surface area contributed by atoms with Crippen LogP contribution >= 0.6 is 0 Å². The largest absolute Gasteiger partial charge is 0.508 e. The fraction of sp³-hybridized carbons (Fsp3) is 0.536. The van der Waals surface area contributed by atoms with Gasteiger partial charge in [0, 0.05) is 5.92 Å². The standard InChI is InChI=1S/C18H22O3.C10H14O/c1-3-10(2)11-4-6-13(7-5-11)20-18(19)15-9-12-8-14(15)17-16(12)21-17;1-3-8(2)9-4-6-10(11)7-5-9/h4-7,10,12,14-17H,3,8-9H2,1-2H3;4-8,11H,3H2,1-2H3. The summed E-state index contributed by atoms with van der Waals surface area (Å²) in [6.07, 6.45) is 5.19. The number of hydrogen-bond donors (Lipinski definition) is 1. The molecule has 3 fully saturated rings. The topological polar surface area (TPSA) is 59.1 Å². The maximum Gasteiger partial charge on any atom is 0.314 e. The van der Waals surface area contributed by atoms with E-state index in [1.807, 2.05) is 24.3 Å². The highest BCUT2D eigenvalue weighted by Crippen LogP contribution is 2.59. The van der Waals surface area contributed by atoms with Crippen molar-refractivity contribution in [3.8, 4) is 11.5 Å². The second kappa shape index (κ2) is 9.66. The molecule has 0 spiro atoms. The number of fused-ring (bicyclic) bond motifs is 5. The Morgan fingerprint density at radius 2 is 1.50 bits per heavy atom. The summed E-state index contributed by atoms with van der Waals surface area (Å²) < 4.78 is 11.2. The summed E-state index contributed by atoms with van der Waals surface area (Å²) in [5.74, 6) is 3.15. The average molecular weight is 437 g/mol. The maximum atomic E-state index is 12.4. The van der Waals surface area contributed by atoms with Gasteiger partial charge in [-0.2, -0.15) is 0 Å². The fourth-order valence-corrected chi connectivity index (χ4v) is 5.20. The summed E-state index contributed by atoms with van der Waals surface area (Å²) in [5, 5.41) is 9.01. The van der Waals surface area contributed by atoms with Crippen LogP contribution in [0.3, 0.4) is 0 Å². The number of hydrogen-bond acceptors (Lipinski definition) is 4. The molecule has 32 heavy (non-hydrogen) atoms. The Labute approximate surface area is 191 Å². The van der Waals surface area contributed by atoms with Crippen LogP contribution in [-0.4, -0.2) is 23.3 Å². The van der Waals surface area contributed by atoms with Gasteiger partial charge in [-0.25, -0.2) is 0 Å². The molecule has 5 rings (SSSR count). The lowest BCUT2D eigenvalue weighted by molar-refractivity contribution is -0.140. The van der Waals surface area contributed by atoms with E-state index in [1.54, 1.807) is 12.1 Å². The number of ether oxygens (including phenoxy) is 2. The van der Waals surface area contributed by atoms with Crippen LogP contribution in [0.1, 0.15) is 76.3 Å². The molecule has 2 aromatic carbocycles. The number of benzene rings is 2. The van der Waals surface area contributed by atoms with Gasteiger partial charge in [0.25, 0.3) is 0 Å². The number of rotatable bonds is 6. The van der Waals surface area contributed by atoms with E-state index < -0.39 is 0 Å². The van der Waals surface area contributed by atoms with Crippen LogP contribution in [0, 0.1) is 17.8 Å². The monoisotopic (exact) mass is 436 g/mol. The van der Waals surface area contributed by atoms with E-state index >= 15 is 0 Å². The molecule has 7 unspecified atom stereocenters. The van der Waals surface area contributed by atoms with Crippen molar-refractivity contribution in [1.82, 2.24) is 0 Å². The van der Waals surface area contributed by atoms with Crippen LogP contribution in [-0.2, 0) is 9.53 Å². The third kappa shape index (κ3) is 4.85. The number of aromatic hydroxyl groups is 1. The van der Waals surface area contributed by atoms with E-state index in [4.69, 9.17) is 14.6 Å². The molecule has 2 aliphatic carbocycles. The molecule has 4 nitrogen and oxygen atoms in total. The van der Waals surface area contributed by atoms with Crippen LogP contribution in [0.25, 0.3) is 0 Å².